The number of ether oxygens (including phenoxy) is 2. The number of likely N-dealkylation sites (tertiary alicyclic amines) is 1. The van der Waals surface area contributed by atoms with Gasteiger partial charge in [0.05, 0.1) is 13.0 Å². The average Bonchev–Trinajstić information content (AvgIpc) is 3.16. The molecule has 0 saturated carbocycles. The number of esters is 1. The molecule has 160 valence electrons. The van der Waals surface area contributed by atoms with Crippen molar-refractivity contribution in [2.75, 3.05) is 20.2 Å². The average molecular weight is 421 g/mol. The van der Waals surface area contributed by atoms with E-state index in [4.69, 9.17) is 13.9 Å². The molecule has 1 aromatic heterocycles. The topological polar surface area (TPSA) is 86.0 Å². The Hall–Kier alpha value is -3.61. The Morgan fingerprint density at radius 3 is 2.71 bits per heavy atom. The summed E-state index contributed by atoms with van der Waals surface area (Å²) in [5.74, 6) is -0.430. The van der Waals surface area contributed by atoms with Crippen LogP contribution >= 0.6 is 0 Å². The lowest BCUT2D eigenvalue weighted by molar-refractivity contribution is -0.149. The maximum absolute atomic E-state index is 12.6. The first-order valence-electron chi connectivity index (χ1n) is 10.1. The molecule has 0 unspecified atom stereocenters. The molecular formula is C24H23NO6. The van der Waals surface area contributed by atoms with E-state index in [0.29, 0.717) is 35.4 Å². The predicted molar refractivity (Wildman–Crippen MR) is 114 cm³/mol. The van der Waals surface area contributed by atoms with Crippen molar-refractivity contribution >= 4 is 22.8 Å². The van der Waals surface area contributed by atoms with Gasteiger partial charge in [-0.25, -0.2) is 4.79 Å². The normalized spacial score (nSPS) is 16.0. The second-order valence-electron chi connectivity index (χ2n) is 7.54. The molecule has 0 radical (unpaired) electrons. The molecule has 1 aliphatic rings. The number of benzene rings is 2. The zero-order valence-electron chi connectivity index (χ0n) is 17.2. The van der Waals surface area contributed by atoms with Gasteiger partial charge in [0.15, 0.2) is 0 Å². The van der Waals surface area contributed by atoms with Gasteiger partial charge in [0, 0.05) is 42.6 Å². The van der Waals surface area contributed by atoms with Crippen LogP contribution in [-0.2, 0) is 27.4 Å². The van der Waals surface area contributed by atoms with Crippen molar-refractivity contribution in [2.45, 2.75) is 19.4 Å². The largest absolute Gasteiger partial charge is 0.497 e. The highest BCUT2D eigenvalue weighted by atomic mass is 16.5. The van der Waals surface area contributed by atoms with Gasteiger partial charge in [-0.1, -0.05) is 30.3 Å². The number of methoxy groups -OCH3 is 1. The van der Waals surface area contributed by atoms with Crippen LogP contribution in [0.1, 0.15) is 17.5 Å². The Labute approximate surface area is 179 Å². The highest BCUT2D eigenvalue weighted by molar-refractivity contribution is 5.87. The fourth-order valence-corrected chi connectivity index (χ4v) is 3.78. The molecular weight excluding hydrogens is 398 g/mol. The molecule has 0 spiro atoms. The lowest BCUT2D eigenvalue weighted by Crippen LogP contribution is -2.28. The van der Waals surface area contributed by atoms with E-state index in [9.17, 15) is 14.4 Å². The van der Waals surface area contributed by atoms with Gasteiger partial charge in [-0.05, 0) is 24.1 Å². The molecule has 2 aromatic carbocycles. The molecule has 2 heterocycles. The number of hydrogen-bond donors (Lipinski definition) is 0. The Morgan fingerprint density at radius 2 is 1.94 bits per heavy atom. The van der Waals surface area contributed by atoms with Gasteiger partial charge in [-0.2, -0.15) is 0 Å². The summed E-state index contributed by atoms with van der Waals surface area (Å²) in [6.45, 7) is 0.847. The van der Waals surface area contributed by atoms with Crippen LogP contribution in [-0.4, -0.2) is 37.0 Å². The Kier molecular flexibility index (Phi) is 6.02. The fourth-order valence-electron chi connectivity index (χ4n) is 3.78. The van der Waals surface area contributed by atoms with Gasteiger partial charge in [-0.3, -0.25) is 9.59 Å². The molecule has 0 bridgehead atoms. The van der Waals surface area contributed by atoms with Gasteiger partial charge in [0.2, 0.25) is 5.91 Å². The van der Waals surface area contributed by atoms with Gasteiger partial charge in [-0.15, -0.1) is 0 Å². The molecule has 1 aliphatic heterocycles. The second kappa shape index (κ2) is 9.04. The highest BCUT2D eigenvalue weighted by Crippen LogP contribution is 2.24. The number of fused-ring (bicyclic) bond motifs is 1. The minimum absolute atomic E-state index is 0.0456. The molecule has 0 N–H and O–H groups in total. The van der Waals surface area contributed by atoms with Crippen molar-refractivity contribution in [3.05, 3.63) is 76.1 Å². The van der Waals surface area contributed by atoms with Crippen molar-refractivity contribution in [2.24, 2.45) is 5.92 Å². The number of hydrogen-bond acceptors (Lipinski definition) is 6. The van der Waals surface area contributed by atoms with Crippen LogP contribution in [0, 0.1) is 5.92 Å². The molecule has 4 rings (SSSR count). The summed E-state index contributed by atoms with van der Waals surface area (Å²) >= 11 is 0. The van der Waals surface area contributed by atoms with E-state index in [2.05, 4.69) is 0 Å². The van der Waals surface area contributed by atoms with Crippen LogP contribution in [0.25, 0.3) is 11.0 Å². The first-order chi connectivity index (χ1) is 15.0. The highest BCUT2D eigenvalue weighted by Gasteiger charge is 2.35. The summed E-state index contributed by atoms with van der Waals surface area (Å²) in [7, 11) is 1.52. The zero-order valence-corrected chi connectivity index (χ0v) is 17.2. The molecule has 7 nitrogen and oxygen atoms in total. The first kappa shape index (κ1) is 20.7. The van der Waals surface area contributed by atoms with Crippen LogP contribution in [0.5, 0.6) is 5.75 Å². The molecule has 1 amide bonds. The third-order valence-corrected chi connectivity index (χ3v) is 5.47. The van der Waals surface area contributed by atoms with E-state index in [-0.39, 0.29) is 18.9 Å². The van der Waals surface area contributed by atoms with E-state index in [1.165, 1.54) is 13.2 Å². The van der Waals surface area contributed by atoms with E-state index in [0.717, 1.165) is 12.0 Å². The molecule has 7 heteroatoms. The quantitative estimate of drug-likeness (QED) is 0.431. The monoisotopic (exact) mass is 421 g/mol. The third-order valence-electron chi connectivity index (χ3n) is 5.47. The SMILES string of the molecule is COc1ccc2c(COC(=O)[C@@H]3CC(=O)N(CCc4ccccc4)C3)cc(=O)oc2c1. The smallest absolute Gasteiger partial charge is 0.336 e. The number of nitrogens with zero attached hydrogens (tertiary/aromatic N) is 1. The van der Waals surface area contributed by atoms with E-state index in [1.54, 1.807) is 23.1 Å². The van der Waals surface area contributed by atoms with Crippen LogP contribution in [0.15, 0.2) is 63.8 Å². The van der Waals surface area contributed by atoms with Crippen molar-refractivity contribution in [1.29, 1.82) is 0 Å². The van der Waals surface area contributed by atoms with Gasteiger partial charge in [0.1, 0.15) is 17.9 Å². The van der Waals surface area contributed by atoms with E-state index in [1.807, 2.05) is 30.3 Å². The van der Waals surface area contributed by atoms with Crippen molar-refractivity contribution in [1.82, 2.24) is 4.90 Å². The third kappa shape index (κ3) is 4.77. The van der Waals surface area contributed by atoms with Gasteiger partial charge in [0.25, 0.3) is 0 Å². The fraction of sp³-hybridized carbons (Fsp3) is 0.292. The minimum atomic E-state index is -0.532. The Bertz CT molecular complexity index is 1150. The first-order valence-corrected chi connectivity index (χ1v) is 10.1. The van der Waals surface area contributed by atoms with Crippen LogP contribution < -0.4 is 10.4 Å². The maximum atomic E-state index is 12.6. The molecule has 1 saturated heterocycles. The summed E-state index contributed by atoms with van der Waals surface area (Å²) in [4.78, 5) is 38.5. The number of rotatable bonds is 7. The van der Waals surface area contributed by atoms with Crippen molar-refractivity contribution in [3.8, 4) is 5.75 Å². The number of carbonyl (C=O) groups is 2. The van der Waals surface area contributed by atoms with Crippen LogP contribution in [0.4, 0.5) is 0 Å². The van der Waals surface area contributed by atoms with E-state index < -0.39 is 17.5 Å². The van der Waals surface area contributed by atoms with Gasteiger partial charge < -0.3 is 18.8 Å². The summed E-state index contributed by atoms with van der Waals surface area (Å²) in [6, 6.07) is 16.3. The molecule has 31 heavy (non-hydrogen) atoms. The van der Waals surface area contributed by atoms with Crippen LogP contribution in [0.2, 0.25) is 0 Å². The van der Waals surface area contributed by atoms with Crippen molar-refractivity contribution < 1.29 is 23.5 Å². The van der Waals surface area contributed by atoms with Crippen molar-refractivity contribution in [3.63, 3.8) is 0 Å². The van der Waals surface area contributed by atoms with Gasteiger partial charge >= 0.3 is 11.6 Å². The standard InChI is InChI=1S/C24H23NO6/c1-29-19-7-8-20-18(12-23(27)31-21(20)13-19)15-30-24(28)17-11-22(26)25(14-17)10-9-16-5-3-2-4-6-16/h2-8,12-13,17H,9-11,14-15H2,1H3/t17-/m1/s1. The summed E-state index contributed by atoms with van der Waals surface area (Å²) in [6.07, 6.45) is 0.881. The second-order valence-corrected chi connectivity index (χ2v) is 7.54. The zero-order chi connectivity index (χ0) is 21.8. The minimum Gasteiger partial charge on any atom is -0.497 e. The predicted octanol–water partition coefficient (Wildman–Crippen LogP) is 2.94. The van der Waals surface area contributed by atoms with E-state index >= 15 is 0 Å². The molecule has 1 atom stereocenters. The lowest BCUT2D eigenvalue weighted by Gasteiger charge is -2.16. The maximum Gasteiger partial charge on any atom is 0.336 e. The molecule has 3 aromatic rings. The Morgan fingerprint density at radius 1 is 1.13 bits per heavy atom. The summed E-state index contributed by atoms with van der Waals surface area (Å²) in [5.41, 5.74) is 1.52. The van der Waals surface area contributed by atoms with Crippen LogP contribution in [0.3, 0.4) is 0 Å². The lowest BCUT2D eigenvalue weighted by atomic mass is 10.1. The molecule has 1 fully saturated rings. The number of amides is 1. The Balaban J connectivity index is 1.38. The molecule has 0 aliphatic carbocycles. The summed E-state index contributed by atoms with van der Waals surface area (Å²) in [5, 5.41) is 0.667. The number of carbonyl (C=O) groups excluding carboxylic acids is 2. The summed E-state index contributed by atoms with van der Waals surface area (Å²) < 4.78 is 15.8.